The normalized spacial score (nSPS) is 15.4. The molecular formula is C18H25AgNO5Si. The van der Waals surface area contributed by atoms with Gasteiger partial charge in [-0.3, -0.25) is 10.1 Å². The zero-order valence-electron chi connectivity index (χ0n) is 14.9. The van der Waals surface area contributed by atoms with Crippen LogP contribution in [0.15, 0.2) is 36.4 Å². The van der Waals surface area contributed by atoms with Crippen molar-refractivity contribution in [2.45, 2.75) is 50.4 Å². The van der Waals surface area contributed by atoms with Gasteiger partial charge >= 0.3 is 6.16 Å². The molecule has 147 valence electrons. The predicted molar refractivity (Wildman–Crippen MR) is 98.7 cm³/mol. The van der Waals surface area contributed by atoms with Crippen LogP contribution < -0.4 is 4.74 Å². The Bertz CT molecular complexity index is 611. The van der Waals surface area contributed by atoms with Gasteiger partial charge in [0.2, 0.25) is 0 Å². The number of nitro groups is 1. The smallest absolute Gasteiger partial charge is 0.434 e. The fraction of sp³-hybridized carbons (Fsp3) is 0.500. The van der Waals surface area contributed by atoms with Crippen LogP contribution in [0, 0.1) is 10.1 Å². The number of benzene rings is 1. The third-order valence-electron chi connectivity index (χ3n) is 4.64. The average Bonchev–Trinajstić information content (AvgIpc) is 2.80. The fourth-order valence-corrected chi connectivity index (χ4v) is 6.63. The summed E-state index contributed by atoms with van der Waals surface area (Å²) >= 11 is 0. The number of hydrogen-bond donors (Lipinski definition) is 0. The summed E-state index contributed by atoms with van der Waals surface area (Å²) in [6.45, 7) is 2.82. The molecule has 2 rings (SSSR count). The van der Waals surface area contributed by atoms with Gasteiger partial charge in [0.15, 0.2) is 0 Å². The zero-order valence-corrected chi connectivity index (χ0v) is 17.4. The molecule has 0 fully saturated rings. The monoisotopic (exact) mass is 470 g/mol. The van der Waals surface area contributed by atoms with Gasteiger partial charge in [-0.15, -0.1) is 0 Å². The molecular weight excluding hydrogens is 446 g/mol. The molecule has 0 bridgehead atoms. The first-order chi connectivity index (χ1) is 12.0. The molecule has 0 N–H and O–H groups in total. The second-order valence-corrected chi connectivity index (χ2v) is 11.9. The van der Waals surface area contributed by atoms with Crippen molar-refractivity contribution >= 4 is 19.9 Å². The van der Waals surface area contributed by atoms with Crippen LogP contribution in [0.4, 0.5) is 10.5 Å². The van der Waals surface area contributed by atoms with E-state index in [2.05, 4.69) is 18.7 Å². The maximum atomic E-state index is 11.6. The molecule has 1 aromatic carbocycles. The number of hydrogen-bond acceptors (Lipinski definition) is 5. The van der Waals surface area contributed by atoms with Gasteiger partial charge in [-0.1, -0.05) is 43.3 Å². The zero-order chi connectivity index (χ0) is 18.1. The van der Waals surface area contributed by atoms with E-state index in [1.54, 1.807) is 0 Å². The van der Waals surface area contributed by atoms with E-state index in [0.29, 0.717) is 6.61 Å². The number of allylic oxidation sites excluding steroid dienone is 2. The van der Waals surface area contributed by atoms with Crippen molar-refractivity contribution in [3.8, 4) is 5.75 Å². The first-order valence-corrected chi connectivity index (χ1v) is 11.8. The minimum atomic E-state index is -1.13. The first kappa shape index (κ1) is 22.6. The van der Waals surface area contributed by atoms with E-state index in [0.717, 1.165) is 12.8 Å². The van der Waals surface area contributed by atoms with Crippen LogP contribution in [0.2, 0.25) is 24.7 Å². The molecule has 1 aliphatic heterocycles. The number of non-ortho nitro benzene ring substituents is 1. The van der Waals surface area contributed by atoms with Crippen molar-refractivity contribution in [3.05, 3.63) is 46.5 Å². The SMILES string of the molecule is C[Si]1(CCCCOC(=O)Oc2ccc([N+](=O)[O-])cc2)CCC=CCC1.[Ag]. The molecule has 0 aliphatic carbocycles. The minimum Gasteiger partial charge on any atom is -0.434 e. The summed E-state index contributed by atoms with van der Waals surface area (Å²) in [5, 5.41) is 10.6. The molecule has 8 heteroatoms. The largest absolute Gasteiger partial charge is 0.513 e. The number of nitrogens with zero attached hydrogens (tertiary/aromatic N) is 1. The quantitative estimate of drug-likeness (QED) is 0.102. The molecule has 0 saturated heterocycles. The second-order valence-electron chi connectivity index (χ2n) is 6.77. The van der Waals surface area contributed by atoms with Gasteiger partial charge in [-0.05, 0) is 31.4 Å². The Labute approximate surface area is 170 Å². The molecule has 26 heavy (non-hydrogen) atoms. The van der Waals surface area contributed by atoms with E-state index in [4.69, 9.17) is 9.47 Å². The van der Waals surface area contributed by atoms with E-state index in [-0.39, 0.29) is 33.8 Å². The maximum absolute atomic E-state index is 11.6. The van der Waals surface area contributed by atoms with Crippen LogP contribution in [0.3, 0.4) is 0 Å². The van der Waals surface area contributed by atoms with Crippen molar-refractivity contribution in [2.75, 3.05) is 6.61 Å². The third kappa shape index (κ3) is 7.86. The fourth-order valence-electron chi connectivity index (χ4n) is 3.05. The summed E-state index contributed by atoms with van der Waals surface area (Å²) in [7, 11) is -1.13. The van der Waals surface area contributed by atoms with Crippen molar-refractivity contribution in [2.24, 2.45) is 0 Å². The molecule has 0 spiro atoms. The Morgan fingerprint density at radius 1 is 1.15 bits per heavy atom. The van der Waals surface area contributed by atoms with Crippen LogP contribution in [0.25, 0.3) is 0 Å². The Morgan fingerprint density at radius 3 is 2.35 bits per heavy atom. The van der Waals surface area contributed by atoms with Gasteiger partial charge in [0.1, 0.15) is 5.75 Å². The number of unbranched alkanes of at least 4 members (excludes halogenated alkanes) is 1. The molecule has 1 heterocycles. The number of rotatable bonds is 7. The van der Waals surface area contributed by atoms with E-state index in [1.807, 2.05) is 0 Å². The van der Waals surface area contributed by atoms with Crippen molar-refractivity contribution < 1.29 is 41.6 Å². The number of carbonyl (C=O) groups is 1. The summed E-state index contributed by atoms with van der Waals surface area (Å²) in [4.78, 5) is 21.7. The maximum Gasteiger partial charge on any atom is 0.513 e. The van der Waals surface area contributed by atoms with Gasteiger partial charge in [0.25, 0.3) is 5.69 Å². The molecule has 0 unspecified atom stereocenters. The summed E-state index contributed by atoms with van der Waals surface area (Å²) in [5.74, 6) is 0.237. The molecule has 0 saturated carbocycles. The summed E-state index contributed by atoms with van der Waals surface area (Å²) in [6.07, 6.45) is 8.17. The first-order valence-electron chi connectivity index (χ1n) is 8.73. The van der Waals surface area contributed by atoms with Crippen LogP contribution in [-0.2, 0) is 27.1 Å². The van der Waals surface area contributed by atoms with Gasteiger partial charge in [-0.2, -0.15) is 0 Å². The van der Waals surface area contributed by atoms with Gasteiger partial charge in [0, 0.05) is 34.5 Å². The number of ether oxygens (including phenoxy) is 2. The Hall–Kier alpha value is -1.41. The van der Waals surface area contributed by atoms with E-state index in [1.165, 1.54) is 55.2 Å². The minimum absolute atomic E-state index is 0. The van der Waals surface area contributed by atoms with Crippen LogP contribution in [-0.4, -0.2) is 25.8 Å². The standard InChI is InChI=1S/C18H25NO5Si.Ag/c1-25(13-5-2-3-6-14-25)15-7-4-12-23-18(20)24-17-10-8-16(9-11-17)19(21)22;/h2-3,8-11H,4-7,12-15H2,1H3;. The topological polar surface area (TPSA) is 78.7 Å². The molecule has 0 aromatic heterocycles. The summed E-state index contributed by atoms with van der Waals surface area (Å²) < 4.78 is 10.1. The number of nitro benzene ring substituents is 1. The van der Waals surface area contributed by atoms with Crippen LogP contribution in [0.1, 0.15) is 25.7 Å². The van der Waals surface area contributed by atoms with Gasteiger partial charge in [-0.25, -0.2) is 4.79 Å². The second kappa shape index (κ2) is 11.3. The Kier molecular flexibility index (Phi) is 9.86. The van der Waals surface area contributed by atoms with Gasteiger partial charge in [0.05, 0.1) is 19.6 Å². The van der Waals surface area contributed by atoms with Gasteiger partial charge < -0.3 is 9.47 Å². The van der Waals surface area contributed by atoms with Crippen molar-refractivity contribution in [3.63, 3.8) is 0 Å². The average molecular weight is 471 g/mol. The van der Waals surface area contributed by atoms with Crippen LogP contribution >= 0.6 is 0 Å². The summed E-state index contributed by atoms with van der Waals surface area (Å²) in [5.41, 5.74) is -0.0490. The van der Waals surface area contributed by atoms with E-state index < -0.39 is 19.2 Å². The Morgan fingerprint density at radius 2 is 1.77 bits per heavy atom. The molecule has 0 atom stereocenters. The molecule has 6 nitrogen and oxygen atoms in total. The van der Waals surface area contributed by atoms with Crippen LogP contribution in [0.5, 0.6) is 5.75 Å². The number of carbonyl (C=O) groups excluding carboxylic acids is 1. The molecule has 1 aliphatic rings. The molecule has 1 aromatic rings. The van der Waals surface area contributed by atoms with Crippen molar-refractivity contribution in [1.82, 2.24) is 0 Å². The Balaban J connectivity index is 0.00000338. The van der Waals surface area contributed by atoms with E-state index in [9.17, 15) is 14.9 Å². The molecule has 1 radical (unpaired) electrons. The molecule has 0 amide bonds. The third-order valence-corrected chi connectivity index (χ3v) is 9.19. The van der Waals surface area contributed by atoms with E-state index >= 15 is 0 Å². The summed E-state index contributed by atoms with van der Waals surface area (Å²) in [6, 6.07) is 9.32. The van der Waals surface area contributed by atoms with Crippen molar-refractivity contribution in [1.29, 1.82) is 0 Å². The predicted octanol–water partition coefficient (Wildman–Crippen LogP) is 5.32.